The van der Waals surface area contributed by atoms with Crippen LogP contribution in [0.15, 0.2) is 85.0 Å². The van der Waals surface area contributed by atoms with Crippen molar-refractivity contribution in [2.24, 2.45) is 53.1 Å². The number of carbonyl (C=O) groups excluding carboxylic acids is 13. The van der Waals surface area contributed by atoms with Crippen molar-refractivity contribution in [1.29, 1.82) is 0 Å². The van der Waals surface area contributed by atoms with E-state index >= 15 is 0 Å². The summed E-state index contributed by atoms with van der Waals surface area (Å²) in [5, 5.41) is 18.6. The van der Waals surface area contributed by atoms with Crippen LogP contribution in [0.25, 0.3) is 0 Å². The van der Waals surface area contributed by atoms with Crippen molar-refractivity contribution >= 4 is 82.5 Å². The quantitative estimate of drug-likeness (QED) is 0.0304. The lowest BCUT2D eigenvalue weighted by Crippen LogP contribution is -2.55. The number of carboxylic acids is 1. The number of likely N-dealkylation sites (N-methyl/N-ethyl adjacent to an activating group) is 4. The first-order valence-corrected chi connectivity index (χ1v) is 48.9. The number of amides is 11. The number of ether oxygens (including phenoxy) is 4. The fourth-order valence-corrected chi connectivity index (χ4v) is 20.0. The number of imide groups is 2. The van der Waals surface area contributed by atoms with E-state index in [4.69, 9.17) is 24.7 Å². The molecule has 0 aromatic heterocycles. The number of aliphatic carboxylic acids is 1. The van der Waals surface area contributed by atoms with Crippen LogP contribution in [0.1, 0.15) is 235 Å². The van der Waals surface area contributed by atoms with Gasteiger partial charge in [0.15, 0.2) is 11.6 Å². The Hall–Kier alpha value is -8.98. The fourth-order valence-electron chi connectivity index (χ4n) is 20.0. The standard InChI is InChI=1S/C51H80N6O9.C41H66N4O8.C10H16N2O2/c1-11-35(4)46(55(8)50(64)38(34(2)3)32-42(58)51(6)26-20-28-54(51)7)41(65-9)33-45(61)56-30-19-23-40(56)47(66-10)36(5)48(62)53-39(31-37-21-15-14-16-22-37)49(63)52-27-17-12-13-18-29-57-43(59)24-25-44(57)60;1-11-27(4)36(44(8)39(49)30(26(2)3)24-34(46)41(6)20-16-21-43(41)7)33(52-9)25-35(47)45-22-15-19-32(45)37(53-10)28(5)38(48)42-31(40(50)51)23-29-17-13-12-14-18-29;11-7-3-1-2-4-8-12-9(13)5-6-10(12)14/h14-16,21-22,24-25,34-36,38-41,46-47H,11-13,17-20,23,26-33H2,1-10H3,(H,52,63)(H,53,62);12-14,17-18,26-28,30-33,36-37H,11,15-16,19-25H2,1-10H3,(H,42,48)(H,50,51);5-6H,1-4,7-8,11H2/t35-,36+,38-,39-,40-,41+,46-,47+,51-;27-,28+,30-,31-,32-,33+,36-,37+,41-;/m00./s1. The molecule has 31 heteroatoms. The summed E-state index contributed by atoms with van der Waals surface area (Å²) in [6.45, 7) is 28.2. The number of benzene rings is 2. The molecule has 2 aromatic rings. The normalized spacial score (nSPS) is 21.8. The van der Waals surface area contributed by atoms with E-state index in [1.165, 1.54) is 41.2 Å². The Morgan fingerprint density at radius 1 is 0.481 bits per heavy atom. The number of nitrogens with two attached hydrogens (primary N) is 1. The summed E-state index contributed by atoms with van der Waals surface area (Å²) in [6, 6.07) is 14.9. The maximum Gasteiger partial charge on any atom is 0.326 e. The van der Waals surface area contributed by atoms with E-state index in [1.54, 1.807) is 68.9 Å². The van der Waals surface area contributed by atoms with Crippen molar-refractivity contribution in [3.8, 4) is 0 Å². The molecule has 18 atom stereocenters. The van der Waals surface area contributed by atoms with E-state index in [0.717, 1.165) is 114 Å². The highest BCUT2D eigenvalue weighted by atomic mass is 16.5. The smallest absolute Gasteiger partial charge is 0.326 e. The molecule has 0 spiro atoms. The molecule has 744 valence electrons. The van der Waals surface area contributed by atoms with Gasteiger partial charge < -0.3 is 65.3 Å². The van der Waals surface area contributed by atoms with Gasteiger partial charge in [0, 0.05) is 137 Å². The van der Waals surface area contributed by atoms with E-state index in [0.29, 0.717) is 65.0 Å². The highest BCUT2D eigenvalue weighted by Crippen LogP contribution is 2.38. The number of hydrogen-bond donors (Lipinski definition) is 5. The third-order valence-electron chi connectivity index (χ3n) is 29.3. The molecule has 6 aliphatic rings. The number of unbranched alkanes of at least 4 members (excludes halogenated alkanes) is 6. The molecule has 6 N–H and O–H groups in total. The van der Waals surface area contributed by atoms with Gasteiger partial charge >= 0.3 is 5.97 Å². The van der Waals surface area contributed by atoms with E-state index in [1.807, 2.05) is 123 Å². The van der Waals surface area contributed by atoms with Gasteiger partial charge in [0.2, 0.25) is 41.4 Å². The molecule has 6 aliphatic heterocycles. The van der Waals surface area contributed by atoms with Crippen molar-refractivity contribution in [2.75, 3.05) is 109 Å². The first kappa shape index (κ1) is 113. The number of nitrogens with one attached hydrogen (secondary N) is 3. The molecule has 4 saturated heterocycles. The Morgan fingerprint density at radius 2 is 0.842 bits per heavy atom. The van der Waals surface area contributed by atoms with Gasteiger partial charge in [-0.1, -0.05) is 168 Å². The monoisotopic (exact) mass is 1860 g/mol. The second kappa shape index (κ2) is 55.3. The molecule has 133 heavy (non-hydrogen) atoms. The third-order valence-corrected chi connectivity index (χ3v) is 29.3. The molecule has 0 bridgehead atoms. The average molecular weight is 1860 g/mol. The number of Topliss-reactive ketones (excluding diaryl/α,β-unsaturated/α-hetero) is 2. The molecule has 6 heterocycles. The molecular weight excluding hydrogens is 1700 g/mol. The molecule has 0 aliphatic carbocycles. The first-order chi connectivity index (χ1) is 63.2. The second-order valence-electron chi connectivity index (χ2n) is 38.8. The minimum Gasteiger partial charge on any atom is -0.480 e. The van der Waals surface area contributed by atoms with Crippen LogP contribution in [-0.4, -0.2) is 308 Å². The van der Waals surface area contributed by atoms with Crippen LogP contribution in [0.5, 0.6) is 0 Å². The van der Waals surface area contributed by atoms with E-state index in [2.05, 4.69) is 46.5 Å². The Labute approximate surface area is 792 Å². The lowest BCUT2D eigenvalue weighted by atomic mass is 9.81. The number of carbonyl (C=O) groups is 14. The summed E-state index contributed by atoms with van der Waals surface area (Å²) < 4.78 is 24.0. The summed E-state index contributed by atoms with van der Waals surface area (Å²) in [6.07, 6.45) is 17.9. The van der Waals surface area contributed by atoms with Crippen molar-refractivity contribution < 1.29 is 91.2 Å². The number of likely N-dealkylation sites (tertiary alicyclic amines) is 4. The second-order valence-corrected chi connectivity index (χ2v) is 38.8. The Kier molecular flexibility index (Phi) is 46.9. The molecule has 4 fully saturated rings. The Morgan fingerprint density at radius 3 is 1.17 bits per heavy atom. The average Bonchev–Trinajstić information content (AvgIpc) is 1.73. The summed E-state index contributed by atoms with van der Waals surface area (Å²) >= 11 is 0. The van der Waals surface area contributed by atoms with Gasteiger partial charge in [-0.05, 0) is 159 Å². The predicted octanol–water partition coefficient (Wildman–Crippen LogP) is 9.82. The summed E-state index contributed by atoms with van der Waals surface area (Å²) in [7, 11) is 13.7. The third kappa shape index (κ3) is 31.3. The van der Waals surface area contributed by atoms with Crippen LogP contribution in [-0.2, 0) is 98.9 Å². The lowest BCUT2D eigenvalue weighted by Gasteiger charge is -2.41. The molecule has 8 rings (SSSR count). The molecule has 11 amide bonds. The van der Waals surface area contributed by atoms with Gasteiger partial charge in [0.1, 0.15) is 12.1 Å². The Bertz CT molecular complexity index is 4150. The van der Waals surface area contributed by atoms with E-state index in [9.17, 15) is 72.2 Å². The molecular formula is C102H162N12O19. The van der Waals surface area contributed by atoms with Gasteiger partial charge in [-0.25, -0.2) is 4.79 Å². The molecule has 0 unspecified atom stereocenters. The van der Waals surface area contributed by atoms with Crippen LogP contribution in [0.2, 0.25) is 0 Å². The zero-order chi connectivity index (χ0) is 98.7. The molecule has 31 nitrogen and oxygen atoms in total. The van der Waals surface area contributed by atoms with Gasteiger partial charge in [0.25, 0.3) is 23.6 Å². The maximum absolute atomic E-state index is 14.4. The topological polar surface area (TPSA) is 384 Å². The van der Waals surface area contributed by atoms with Crippen molar-refractivity contribution in [3.63, 3.8) is 0 Å². The minimum atomic E-state index is -1.13. The summed E-state index contributed by atoms with van der Waals surface area (Å²) in [4.78, 5) is 198. The zero-order valence-corrected chi connectivity index (χ0v) is 83.6. The highest BCUT2D eigenvalue weighted by Gasteiger charge is 2.50. The van der Waals surface area contributed by atoms with E-state index in [-0.39, 0.29) is 133 Å². The highest BCUT2D eigenvalue weighted by molar-refractivity contribution is 6.13. The number of rotatable bonds is 53. The molecule has 0 radical (unpaired) electrons. The maximum atomic E-state index is 14.4. The number of hydrogen-bond acceptors (Lipinski definition) is 21. The molecule has 0 saturated carbocycles. The lowest BCUT2D eigenvalue weighted by molar-refractivity contribution is -0.149. The van der Waals surface area contributed by atoms with Crippen LogP contribution in [0.4, 0.5) is 0 Å². The van der Waals surface area contributed by atoms with Gasteiger partial charge in [-0.3, -0.25) is 81.9 Å². The van der Waals surface area contributed by atoms with Crippen molar-refractivity contribution in [3.05, 3.63) is 96.1 Å². The zero-order valence-electron chi connectivity index (χ0n) is 83.6. The summed E-state index contributed by atoms with van der Waals surface area (Å²) in [5.74, 6) is -6.28. The van der Waals surface area contributed by atoms with Gasteiger partial charge in [0.05, 0.1) is 84.3 Å². The van der Waals surface area contributed by atoms with Crippen LogP contribution in [0, 0.1) is 47.3 Å². The Balaban J connectivity index is 0.000000362. The van der Waals surface area contributed by atoms with Gasteiger partial charge in [-0.2, -0.15) is 0 Å². The van der Waals surface area contributed by atoms with E-state index < -0.39 is 107 Å². The van der Waals surface area contributed by atoms with Crippen molar-refractivity contribution in [1.82, 2.24) is 55.1 Å². The molecule has 2 aromatic carbocycles. The number of methoxy groups -OCH3 is 4. The van der Waals surface area contributed by atoms with Crippen LogP contribution < -0.4 is 21.7 Å². The van der Waals surface area contributed by atoms with Gasteiger partial charge in [-0.15, -0.1) is 0 Å². The van der Waals surface area contributed by atoms with Crippen LogP contribution >= 0.6 is 0 Å². The predicted molar refractivity (Wildman–Crippen MR) is 511 cm³/mol. The van der Waals surface area contributed by atoms with Crippen molar-refractivity contribution in [2.45, 2.75) is 309 Å². The summed E-state index contributed by atoms with van der Waals surface area (Å²) in [5.41, 5.74) is 5.86. The number of carboxylic acid groups (broad SMARTS) is 1. The largest absolute Gasteiger partial charge is 0.480 e. The fraction of sp³-hybridized carbons (Fsp3) is 0.706. The SMILES string of the molecule is CC[C@H](C)[C@@H]([C@@H](CC(=O)N1CCC[C@H]1[C@H](OC)[C@@H](C)C(=O)N[C@@H](Cc1ccccc1)C(=O)NCCCCCCN1C(=O)C=CC1=O)OC)N(C)C(=O)[C@@H](CC(=O)[C@]1(C)CCCN1C)C(C)C.CC[C@H](C)[C@@H]([C@@H](CC(=O)N1CCC[C@H]1[C@H](OC)[C@@H](C)C(=O)N[C@@H](Cc1ccccc1)C(=O)O)OC)N(C)C(=O)[C@@H](CC(=O)[C@]1(C)CCCN1C)C(C)C.NCCCCCCN1C(=O)C=CC1=O. The van der Waals surface area contributed by atoms with Crippen LogP contribution in [0.3, 0.4) is 0 Å². The number of ketones is 2. The number of nitrogens with zero attached hydrogens (tertiary/aromatic N) is 8. The minimum absolute atomic E-state index is 0.00780. The first-order valence-electron chi connectivity index (χ1n) is 48.9.